The molecule has 0 saturated heterocycles. The largest absolute Gasteiger partial charge is 0.350 e. The summed E-state index contributed by atoms with van der Waals surface area (Å²) in [6, 6.07) is 7.22. The van der Waals surface area contributed by atoms with E-state index in [0.29, 0.717) is 13.0 Å². The minimum absolute atomic E-state index is 0.0111. The van der Waals surface area contributed by atoms with Gasteiger partial charge >= 0.3 is 0 Å². The number of carbonyl (C=O) groups excluding carboxylic acids is 1. The zero-order valence-corrected chi connectivity index (χ0v) is 12.5. The van der Waals surface area contributed by atoms with Crippen LogP contribution in [-0.2, 0) is 31.2 Å². The van der Waals surface area contributed by atoms with Crippen molar-refractivity contribution in [1.29, 1.82) is 0 Å². The third-order valence-corrected chi connectivity index (χ3v) is 3.99. The van der Waals surface area contributed by atoms with Crippen molar-refractivity contribution in [2.45, 2.75) is 25.8 Å². The van der Waals surface area contributed by atoms with Crippen molar-refractivity contribution in [2.24, 2.45) is 13.0 Å². The summed E-state index contributed by atoms with van der Waals surface area (Å²) in [4.78, 5) is 28.1. The molecule has 0 bridgehead atoms. The van der Waals surface area contributed by atoms with Gasteiger partial charge in [0.1, 0.15) is 0 Å². The number of aromatic nitrogens is 3. The van der Waals surface area contributed by atoms with Gasteiger partial charge in [-0.05, 0) is 37.0 Å². The van der Waals surface area contributed by atoms with Gasteiger partial charge in [-0.25, -0.2) is 4.68 Å². The van der Waals surface area contributed by atoms with Crippen molar-refractivity contribution >= 4 is 5.91 Å². The zero-order valence-electron chi connectivity index (χ0n) is 12.5. The summed E-state index contributed by atoms with van der Waals surface area (Å²) in [6.45, 7) is 0.428. The van der Waals surface area contributed by atoms with E-state index >= 15 is 0 Å². The predicted molar refractivity (Wildman–Crippen MR) is 81.1 cm³/mol. The lowest BCUT2D eigenvalue weighted by atomic mass is 9.86. The van der Waals surface area contributed by atoms with Crippen LogP contribution >= 0.6 is 0 Å². The molecule has 1 N–H and O–H groups in total. The number of nitrogens with zero attached hydrogens (tertiary/aromatic N) is 3. The van der Waals surface area contributed by atoms with Crippen LogP contribution < -0.4 is 10.9 Å². The van der Waals surface area contributed by atoms with Gasteiger partial charge < -0.3 is 5.32 Å². The van der Waals surface area contributed by atoms with Gasteiger partial charge in [0.05, 0.1) is 17.9 Å². The first kappa shape index (κ1) is 14.4. The number of nitrogens with one attached hydrogen (secondary N) is 1. The third-order valence-electron chi connectivity index (χ3n) is 3.99. The Kier molecular flexibility index (Phi) is 4.00. The van der Waals surface area contributed by atoms with Crippen LogP contribution in [0.5, 0.6) is 0 Å². The van der Waals surface area contributed by atoms with Gasteiger partial charge in [0.25, 0.3) is 5.56 Å². The summed E-state index contributed by atoms with van der Waals surface area (Å²) in [5, 5.41) is 7.18. The Labute approximate surface area is 128 Å². The Balaban J connectivity index is 1.65. The van der Waals surface area contributed by atoms with E-state index in [1.807, 2.05) is 18.2 Å². The van der Waals surface area contributed by atoms with E-state index < -0.39 is 0 Å². The first-order valence-corrected chi connectivity index (χ1v) is 7.37. The highest BCUT2D eigenvalue weighted by molar-refractivity contribution is 5.79. The monoisotopic (exact) mass is 298 g/mol. The number of rotatable bonds is 3. The molecule has 1 aliphatic rings. The number of hydrogen-bond acceptors (Lipinski definition) is 4. The highest BCUT2D eigenvalue weighted by Gasteiger charge is 2.26. The molecule has 0 radical (unpaired) electrons. The van der Waals surface area contributed by atoms with Crippen LogP contribution in [0.3, 0.4) is 0 Å². The minimum Gasteiger partial charge on any atom is -0.350 e. The minimum atomic E-state index is -0.131. The van der Waals surface area contributed by atoms with Crippen molar-refractivity contribution < 1.29 is 4.79 Å². The topological polar surface area (TPSA) is 76.9 Å². The van der Waals surface area contributed by atoms with Crippen molar-refractivity contribution in [3.8, 4) is 0 Å². The molecule has 6 heteroatoms. The lowest BCUT2D eigenvalue weighted by molar-refractivity contribution is -0.125. The zero-order chi connectivity index (χ0) is 15.5. The average molecular weight is 298 g/mol. The molecule has 3 rings (SSSR count). The summed E-state index contributed by atoms with van der Waals surface area (Å²) in [7, 11) is 1.65. The second kappa shape index (κ2) is 6.09. The van der Waals surface area contributed by atoms with Crippen molar-refractivity contribution in [2.75, 3.05) is 0 Å². The second-order valence-electron chi connectivity index (χ2n) is 5.56. The van der Waals surface area contributed by atoms with Crippen LogP contribution in [0.2, 0.25) is 0 Å². The summed E-state index contributed by atoms with van der Waals surface area (Å²) in [5.74, 6) is -0.0953. The van der Waals surface area contributed by atoms with E-state index in [9.17, 15) is 9.59 Å². The van der Waals surface area contributed by atoms with Gasteiger partial charge in [-0.3, -0.25) is 14.6 Å². The van der Waals surface area contributed by atoms with E-state index in [1.54, 1.807) is 19.3 Å². The van der Waals surface area contributed by atoms with Crippen molar-refractivity contribution in [3.05, 3.63) is 57.8 Å². The van der Waals surface area contributed by atoms with Crippen LogP contribution in [0.4, 0.5) is 0 Å². The highest BCUT2D eigenvalue weighted by atomic mass is 16.2. The Bertz CT molecular complexity index is 740. The molecule has 0 spiro atoms. The fourth-order valence-corrected chi connectivity index (χ4v) is 2.73. The van der Waals surface area contributed by atoms with E-state index in [-0.39, 0.29) is 17.4 Å². The molecule has 0 aliphatic heterocycles. The highest BCUT2D eigenvalue weighted by Crippen LogP contribution is 2.23. The molecule has 2 aromatic rings. The summed E-state index contributed by atoms with van der Waals surface area (Å²) in [6.07, 6.45) is 3.77. The molecule has 0 aromatic carbocycles. The molecule has 0 unspecified atom stereocenters. The molecule has 6 nitrogen and oxygen atoms in total. The van der Waals surface area contributed by atoms with E-state index in [1.165, 1.54) is 4.68 Å². The molecule has 1 amide bonds. The lowest BCUT2D eigenvalue weighted by Gasteiger charge is -2.23. The maximum Gasteiger partial charge on any atom is 0.266 e. The Morgan fingerprint density at radius 2 is 2.32 bits per heavy atom. The molecule has 2 heterocycles. The lowest BCUT2D eigenvalue weighted by Crippen LogP contribution is -2.35. The maximum atomic E-state index is 12.3. The standard InChI is InChI=1S/C16H18N4O2/c1-20-15(21)9-12-8-11(5-6-14(12)19-20)16(22)18-10-13-4-2-3-7-17-13/h2-4,7,9,11H,5-6,8,10H2,1H3,(H,18,22)/t11-/m1/s1. The number of aryl methyl sites for hydroxylation is 2. The summed E-state index contributed by atoms with van der Waals surface area (Å²) < 4.78 is 1.35. The molecule has 114 valence electrons. The fraction of sp³-hybridized carbons (Fsp3) is 0.375. The Morgan fingerprint density at radius 3 is 3.09 bits per heavy atom. The Morgan fingerprint density at radius 1 is 1.45 bits per heavy atom. The summed E-state index contributed by atoms with van der Waals surface area (Å²) in [5.41, 5.74) is 2.53. The van der Waals surface area contributed by atoms with E-state index in [4.69, 9.17) is 0 Å². The Hall–Kier alpha value is -2.50. The van der Waals surface area contributed by atoms with Crippen LogP contribution in [-0.4, -0.2) is 20.7 Å². The van der Waals surface area contributed by atoms with Gasteiger partial charge in [-0.2, -0.15) is 5.10 Å². The molecular weight excluding hydrogens is 280 g/mol. The van der Waals surface area contributed by atoms with Gasteiger partial charge in [-0.1, -0.05) is 6.07 Å². The fourth-order valence-electron chi connectivity index (χ4n) is 2.73. The summed E-state index contributed by atoms with van der Waals surface area (Å²) >= 11 is 0. The van der Waals surface area contributed by atoms with Crippen LogP contribution in [0.25, 0.3) is 0 Å². The number of pyridine rings is 1. The number of carbonyl (C=O) groups is 1. The molecule has 0 fully saturated rings. The first-order valence-electron chi connectivity index (χ1n) is 7.37. The maximum absolute atomic E-state index is 12.3. The van der Waals surface area contributed by atoms with Gasteiger partial charge in [0, 0.05) is 25.2 Å². The average Bonchev–Trinajstić information content (AvgIpc) is 2.54. The van der Waals surface area contributed by atoms with Crippen molar-refractivity contribution in [3.63, 3.8) is 0 Å². The molecule has 2 aromatic heterocycles. The molecule has 1 aliphatic carbocycles. The quantitative estimate of drug-likeness (QED) is 0.900. The van der Waals surface area contributed by atoms with Crippen LogP contribution in [0, 0.1) is 5.92 Å². The second-order valence-corrected chi connectivity index (χ2v) is 5.56. The molecule has 1 atom stereocenters. The first-order chi connectivity index (χ1) is 10.6. The van der Waals surface area contributed by atoms with E-state index in [2.05, 4.69) is 15.4 Å². The van der Waals surface area contributed by atoms with Gasteiger partial charge in [0.15, 0.2) is 0 Å². The molecule has 22 heavy (non-hydrogen) atoms. The SMILES string of the molecule is Cn1nc2c(cc1=O)C[C@H](C(=O)NCc1ccccn1)CC2. The predicted octanol–water partition coefficient (Wildman–Crippen LogP) is 0.597. The van der Waals surface area contributed by atoms with Crippen LogP contribution in [0.1, 0.15) is 23.4 Å². The number of fused-ring (bicyclic) bond motifs is 1. The molecule has 0 saturated carbocycles. The third kappa shape index (κ3) is 3.05. The van der Waals surface area contributed by atoms with Crippen molar-refractivity contribution in [1.82, 2.24) is 20.1 Å². The number of amides is 1. The van der Waals surface area contributed by atoms with Gasteiger partial charge in [0.2, 0.25) is 5.91 Å². The van der Waals surface area contributed by atoms with E-state index in [0.717, 1.165) is 29.8 Å². The normalized spacial score (nSPS) is 16.9. The van der Waals surface area contributed by atoms with Gasteiger partial charge in [-0.15, -0.1) is 0 Å². The number of hydrogen-bond donors (Lipinski definition) is 1. The van der Waals surface area contributed by atoms with Crippen LogP contribution in [0.15, 0.2) is 35.3 Å². The molecular formula is C16H18N4O2. The smallest absolute Gasteiger partial charge is 0.266 e.